The smallest absolute Gasteiger partial charge is 0.235 e. The molecule has 23 heavy (non-hydrogen) atoms. The number of carbonyl (C=O) groups excluding carboxylic acids is 2. The zero-order chi connectivity index (χ0) is 16.1. The van der Waals surface area contributed by atoms with Crippen LogP contribution in [0.3, 0.4) is 0 Å². The summed E-state index contributed by atoms with van der Waals surface area (Å²) >= 11 is 6.12. The van der Waals surface area contributed by atoms with E-state index in [-0.39, 0.29) is 18.4 Å². The molecule has 122 valence electrons. The minimum absolute atomic E-state index is 0.000170. The van der Waals surface area contributed by atoms with Crippen molar-refractivity contribution in [2.45, 2.75) is 31.2 Å². The zero-order valence-corrected chi connectivity index (χ0v) is 13.6. The summed E-state index contributed by atoms with van der Waals surface area (Å²) in [5.41, 5.74) is 7.12. The number of hydrogen-bond acceptors (Lipinski definition) is 3. The van der Waals surface area contributed by atoms with Crippen LogP contribution in [0.2, 0.25) is 5.02 Å². The predicted molar refractivity (Wildman–Crippen MR) is 88.4 cm³/mol. The molecule has 5 rings (SSSR count). The molecule has 0 aliphatic carbocycles. The maximum absolute atomic E-state index is 13.0. The van der Waals surface area contributed by atoms with Gasteiger partial charge in [-0.1, -0.05) is 11.6 Å². The largest absolute Gasteiger partial charge is 0.370 e. The van der Waals surface area contributed by atoms with Crippen LogP contribution < -0.4 is 10.6 Å². The molecule has 1 aromatic carbocycles. The van der Waals surface area contributed by atoms with Crippen LogP contribution in [-0.4, -0.2) is 42.4 Å². The van der Waals surface area contributed by atoms with Gasteiger partial charge in [-0.05, 0) is 55.6 Å². The zero-order valence-electron chi connectivity index (χ0n) is 12.9. The minimum atomic E-state index is -0.489. The van der Waals surface area contributed by atoms with E-state index in [9.17, 15) is 9.59 Å². The van der Waals surface area contributed by atoms with E-state index in [1.807, 2.05) is 23.1 Å². The highest BCUT2D eigenvalue weighted by Crippen LogP contribution is 2.44. The molecule has 4 heterocycles. The molecule has 2 unspecified atom stereocenters. The van der Waals surface area contributed by atoms with E-state index in [4.69, 9.17) is 17.3 Å². The Morgan fingerprint density at radius 3 is 2.65 bits per heavy atom. The monoisotopic (exact) mass is 333 g/mol. The van der Waals surface area contributed by atoms with Crippen LogP contribution in [0.15, 0.2) is 18.2 Å². The van der Waals surface area contributed by atoms with Gasteiger partial charge in [0.1, 0.15) is 0 Å². The van der Waals surface area contributed by atoms with E-state index < -0.39 is 11.8 Å². The molecule has 2 N–H and O–H groups in total. The molecule has 0 saturated carbocycles. The van der Waals surface area contributed by atoms with Gasteiger partial charge in [0.25, 0.3) is 0 Å². The van der Waals surface area contributed by atoms with E-state index >= 15 is 0 Å². The van der Waals surface area contributed by atoms with Crippen LogP contribution in [0, 0.1) is 5.92 Å². The first-order valence-corrected chi connectivity index (χ1v) is 8.55. The number of hydrogen-bond donors (Lipinski definition) is 1. The normalized spacial score (nSPS) is 32.2. The minimum Gasteiger partial charge on any atom is -0.370 e. The Labute approximate surface area is 140 Å². The summed E-state index contributed by atoms with van der Waals surface area (Å²) in [6.45, 7) is 3.17. The second kappa shape index (κ2) is 5.49. The standard InChI is InChI=1S/C17H20ClN3O2/c18-11-1-2-14-12(7-11)13(8-16(19)22)17(23)21(14)15-9-20-5-3-10(15)4-6-20/h1-2,7,10,13,15H,3-6,8-9H2,(H2,19,22). The van der Waals surface area contributed by atoms with Crippen molar-refractivity contribution in [3.8, 4) is 0 Å². The lowest BCUT2D eigenvalue weighted by Gasteiger charge is -2.48. The SMILES string of the molecule is NC(=O)CC1C(=O)N(C2CN3CCC2CC3)c2ccc(Cl)cc21. The summed E-state index contributed by atoms with van der Waals surface area (Å²) in [5.74, 6) is -0.402. The molecule has 4 aliphatic rings. The average molecular weight is 334 g/mol. The predicted octanol–water partition coefficient (Wildman–Crippen LogP) is 1.74. The van der Waals surface area contributed by atoms with Gasteiger partial charge in [0.15, 0.2) is 0 Å². The van der Waals surface area contributed by atoms with Gasteiger partial charge in [-0.2, -0.15) is 0 Å². The fourth-order valence-electron chi connectivity index (χ4n) is 4.41. The Balaban J connectivity index is 1.73. The van der Waals surface area contributed by atoms with Crippen molar-refractivity contribution in [3.63, 3.8) is 0 Å². The van der Waals surface area contributed by atoms with Crippen molar-refractivity contribution in [2.24, 2.45) is 11.7 Å². The summed E-state index contributed by atoms with van der Waals surface area (Å²) in [5, 5.41) is 0.585. The molecule has 1 aromatic rings. The second-order valence-corrected chi connectivity index (χ2v) is 7.28. The maximum atomic E-state index is 13.0. The first kappa shape index (κ1) is 15.0. The van der Waals surface area contributed by atoms with Crippen molar-refractivity contribution in [3.05, 3.63) is 28.8 Å². The molecular weight excluding hydrogens is 314 g/mol. The Morgan fingerprint density at radius 1 is 1.30 bits per heavy atom. The number of halogens is 1. The number of primary amides is 1. The van der Waals surface area contributed by atoms with Crippen molar-refractivity contribution >= 4 is 29.1 Å². The van der Waals surface area contributed by atoms with E-state index in [0.29, 0.717) is 10.9 Å². The Bertz CT molecular complexity index is 670. The molecule has 2 atom stereocenters. The molecule has 0 spiro atoms. The van der Waals surface area contributed by atoms with E-state index in [2.05, 4.69) is 4.90 Å². The van der Waals surface area contributed by atoms with Gasteiger partial charge in [-0.15, -0.1) is 0 Å². The van der Waals surface area contributed by atoms with Crippen LogP contribution in [0.5, 0.6) is 0 Å². The van der Waals surface area contributed by atoms with E-state index in [1.165, 1.54) is 0 Å². The van der Waals surface area contributed by atoms with Gasteiger partial charge in [-0.3, -0.25) is 9.59 Å². The summed E-state index contributed by atoms with van der Waals surface area (Å²) in [7, 11) is 0. The molecule has 0 aromatic heterocycles. The van der Waals surface area contributed by atoms with Crippen molar-refractivity contribution in [1.82, 2.24) is 4.90 Å². The third-order valence-corrected chi connectivity index (χ3v) is 5.75. The molecule has 3 saturated heterocycles. The van der Waals surface area contributed by atoms with Crippen molar-refractivity contribution in [2.75, 3.05) is 24.5 Å². The molecular formula is C17H20ClN3O2. The van der Waals surface area contributed by atoms with Gasteiger partial charge in [0.2, 0.25) is 11.8 Å². The summed E-state index contributed by atoms with van der Waals surface area (Å²) in [6, 6.07) is 5.73. The van der Waals surface area contributed by atoms with Gasteiger partial charge in [0, 0.05) is 23.7 Å². The van der Waals surface area contributed by atoms with Crippen LogP contribution in [0.4, 0.5) is 5.69 Å². The Morgan fingerprint density at radius 2 is 2.04 bits per heavy atom. The van der Waals surface area contributed by atoms with Crippen molar-refractivity contribution < 1.29 is 9.59 Å². The summed E-state index contributed by atoms with van der Waals surface area (Å²) in [4.78, 5) is 28.8. The number of anilines is 1. The van der Waals surface area contributed by atoms with E-state index in [1.54, 1.807) is 0 Å². The molecule has 2 bridgehead atoms. The highest BCUT2D eigenvalue weighted by Gasteiger charge is 2.46. The van der Waals surface area contributed by atoms with Crippen LogP contribution >= 0.6 is 11.6 Å². The highest BCUT2D eigenvalue weighted by molar-refractivity contribution is 6.31. The number of nitrogens with zero attached hydrogens (tertiary/aromatic N) is 2. The third kappa shape index (κ3) is 2.42. The van der Waals surface area contributed by atoms with Crippen molar-refractivity contribution in [1.29, 1.82) is 0 Å². The average Bonchev–Trinajstić information content (AvgIpc) is 2.80. The first-order valence-electron chi connectivity index (χ1n) is 8.18. The van der Waals surface area contributed by atoms with Gasteiger partial charge >= 0.3 is 0 Å². The lowest BCUT2D eigenvalue weighted by atomic mass is 9.83. The molecule has 3 fully saturated rings. The quantitative estimate of drug-likeness (QED) is 0.916. The number of rotatable bonds is 3. The molecule has 6 heteroatoms. The summed E-state index contributed by atoms with van der Waals surface area (Å²) < 4.78 is 0. The van der Waals surface area contributed by atoms with Crippen LogP contribution in [0.25, 0.3) is 0 Å². The number of amides is 2. The molecule has 5 nitrogen and oxygen atoms in total. The molecule has 2 amide bonds. The van der Waals surface area contributed by atoms with Crippen LogP contribution in [0.1, 0.15) is 30.7 Å². The maximum Gasteiger partial charge on any atom is 0.235 e. The number of piperidine rings is 3. The Kier molecular flexibility index (Phi) is 3.58. The van der Waals surface area contributed by atoms with Crippen LogP contribution in [-0.2, 0) is 9.59 Å². The van der Waals surface area contributed by atoms with Gasteiger partial charge < -0.3 is 15.5 Å². The number of nitrogens with two attached hydrogens (primary N) is 1. The third-order valence-electron chi connectivity index (χ3n) is 5.52. The second-order valence-electron chi connectivity index (χ2n) is 6.84. The fourth-order valence-corrected chi connectivity index (χ4v) is 4.59. The van der Waals surface area contributed by atoms with Gasteiger partial charge in [-0.25, -0.2) is 0 Å². The lowest BCUT2D eigenvalue weighted by molar-refractivity contribution is -0.125. The number of fused-ring (bicyclic) bond motifs is 4. The molecule has 0 radical (unpaired) electrons. The topological polar surface area (TPSA) is 66.6 Å². The number of carbonyl (C=O) groups is 2. The van der Waals surface area contributed by atoms with E-state index in [0.717, 1.165) is 43.7 Å². The highest BCUT2D eigenvalue weighted by atomic mass is 35.5. The first-order chi connectivity index (χ1) is 11.0. The number of benzene rings is 1. The van der Waals surface area contributed by atoms with Gasteiger partial charge in [0.05, 0.1) is 12.0 Å². The fraction of sp³-hybridized carbons (Fsp3) is 0.529. The molecule has 4 aliphatic heterocycles. The summed E-state index contributed by atoms with van der Waals surface area (Å²) in [6.07, 6.45) is 2.32. The Hall–Kier alpha value is -1.59. The lowest BCUT2D eigenvalue weighted by Crippen LogP contribution is -2.58.